The molecule has 0 aliphatic heterocycles. The van der Waals surface area contributed by atoms with Crippen LogP contribution in [0.1, 0.15) is 23.7 Å². The van der Waals surface area contributed by atoms with E-state index in [2.05, 4.69) is 4.99 Å². The summed E-state index contributed by atoms with van der Waals surface area (Å²) in [6, 6.07) is 10.1. The van der Waals surface area contributed by atoms with Gasteiger partial charge >= 0.3 is 0 Å². The van der Waals surface area contributed by atoms with Crippen LogP contribution in [0.5, 0.6) is 0 Å². The van der Waals surface area contributed by atoms with Gasteiger partial charge in [-0.15, -0.1) is 0 Å². The highest BCUT2D eigenvalue weighted by molar-refractivity contribution is 7.90. The molecule has 1 heterocycles. The molecule has 0 radical (unpaired) electrons. The van der Waals surface area contributed by atoms with E-state index >= 15 is 0 Å². The Hall–Kier alpha value is -2.32. The fourth-order valence-electron chi connectivity index (χ4n) is 2.55. The zero-order valence-corrected chi connectivity index (χ0v) is 15.9. The Morgan fingerprint density at radius 1 is 1.19 bits per heavy atom. The van der Waals surface area contributed by atoms with Crippen molar-refractivity contribution in [3.63, 3.8) is 0 Å². The minimum atomic E-state index is -3.32. The number of rotatable bonds is 4. The Labute approximate surface area is 154 Å². The van der Waals surface area contributed by atoms with Gasteiger partial charge in [-0.3, -0.25) is 4.79 Å². The van der Waals surface area contributed by atoms with Crippen LogP contribution in [0, 0.1) is 5.82 Å². The molecule has 2 aromatic carbocycles. The molecule has 0 bridgehead atoms. The predicted molar refractivity (Wildman–Crippen MR) is 99.5 cm³/mol. The van der Waals surface area contributed by atoms with Crippen LogP contribution in [0.3, 0.4) is 0 Å². The summed E-state index contributed by atoms with van der Waals surface area (Å²) in [5.41, 5.74) is 1.12. The Morgan fingerprint density at radius 3 is 2.50 bits per heavy atom. The molecule has 0 atom stereocenters. The lowest BCUT2D eigenvalue weighted by atomic mass is 10.2. The van der Waals surface area contributed by atoms with Crippen molar-refractivity contribution < 1.29 is 17.6 Å². The molecule has 1 aromatic heterocycles. The lowest BCUT2D eigenvalue weighted by molar-refractivity contribution is 0.0997. The van der Waals surface area contributed by atoms with Gasteiger partial charge in [0.1, 0.15) is 5.82 Å². The molecular formula is C18H17FN2O3S2. The van der Waals surface area contributed by atoms with Crippen LogP contribution in [0.25, 0.3) is 10.2 Å². The van der Waals surface area contributed by atoms with Crippen molar-refractivity contribution >= 4 is 37.3 Å². The van der Waals surface area contributed by atoms with Crippen LogP contribution >= 0.6 is 11.3 Å². The number of sulfone groups is 1. The molecule has 3 rings (SSSR count). The maximum Gasteiger partial charge on any atom is 0.279 e. The van der Waals surface area contributed by atoms with Gasteiger partial charge in [0, 0.05) is 18.4 Å². The van der Waals surface area contributed by atoms with Crippen LogP contribution in [0.4, 0.5) is 4.39 Å². The van der Waals surface area contributed by atoms with Crippen molar-refractivity contribution in [1.82, 2.24) is 4.57 Å². The zero-order valence-electron chi connectivity index (χ0n) is 14.3. The number of nitrogens with zero attached hydrogens (tertiary/aromatic N) is 2. The molecule has 0 unspecified atom stereocenters. The minimum absolute atomic E-state index is 0.228. The molecule has 0 N–H and O–H groups in total. The summed E-state index contributed by atoms with van der Waals surface area (Å²) in [4.78, 5) is 17.3. The van der Waals surface area contributed by atoms with Crippen molar-refractivity contribution in [2.75, 3.05) is 6.26 Å². The van der Waals surface area contributed by atoms with Crippen molar-refractivity contribution in [3.05, 3.63) is 58.6 Å². The Bertz CT molecular complexity index is 1140. The van der Waals surface area contributed by atoms with Crippen LogP contribution in [0.2, 0.25) is 0 Å². The van der Waals surface area contributed by atoms with Gasteiger partial charge in [0.2, 0.25) is 0 Å². The Morgan fingerprint density at radius 2 is 1.88 bits per heavy atom. The van der Waals surface area contributed by atoms with E-state index < -0.39 is 21.6 Å². The molecule has 136 valence electrons. The summed E-state index contributed by atoms with van der Waals surface area (Å²) in [7, 11) is -3.32. The van der Waals surface area contributed by atoms with E-state index in [1.807, 2.05) is 11.5 Å². The SMILES string of the molecule is CCCn1c(=NC(=O)c2ccc(F)cc2)sc2cc(S(C)(=O)=O)ccc21. The average molecular weight is 392 g/mol. The smallest absolute Gasteiger partial charge is 0.279 e. The first-order valence-corrected chi connectivity index (χ1v) is 10.7. The number of aryl methyl sites for hydroxylation is 1. The second kappa shape index (κ2) is 7.13. The third-order valence-corrected chi connectivity index (χ3v) is 5.97. The molecule has 3 aromatic rings. The van der Waals surface area contributed by atoms with Crippen molar-refractivity contribution in [2.24, 2.45) is 4.99 Å². The number of thiazole rings is 1. The van der Waals surface area contributed by atoms with E-state index in [0.29, 0.717) is 16.9 Å². The molecule has 5 nitrogen and oxygen atoms in total. The molecule has 8 heteroatoms. The highest BCUT2D eigenvalue weighted by Gasteiger charge is 2.13. The van der Waals surface area contributed by atoms with Crippen LogP contribution < -0.4 is 4.80 Å². The lowest BCUT2D eigenvalue weighted by Crippen LogP contribution is -2.16. The minimum Gasteiger partial charge on any atom is -0.316 e. The Balaban J connectivity index is 2.16. The molecule has 1 amide bonds. The van der Waals surface area contributed by atoms with Gasteiger partial charge in [0.05, 0.1) is 15.1 Å². The highest BCUT2D eigenvalue weighted by Crippen LogP contribution is 2.22. The summed E-state index contributed by atoms with van der Waals surface area (Å²) in [5, 5.41) is 0. The second-order valence-electron chi connectivity index (χ2n) is 5.86. The van der Waals surface area contributed by atoms with E-state index in [9.17, 15) is 17.6 Å². The number of carbonyl (C=O) groups is 1. The summed E-state index contributed by atoms with van der Waals surface area (Å²) in [6.45, 7) is 2.65. The number of hydrogen-bond donors (Lipinski definition) is 0. The average Bonchev–Trinajstić information content (AvgIpc) is 2.92. The molecule has 0 saturated heterocycles. The van der Waals surface area contributed by atoms with Crippen molar-refractivity contribution in [3.8, 4) is 0 Å². The van der Waals surface area contributed by atoms with Crippen LogP contribution in [-0.4, -0.2) is 25.1 Å². The normalized spacial score (nSPS) is 12.7. The van der Waals surface area contributed by atoms with E-state index in [1.165, 1.54) is 35.6 Å². The van der Waals surface area contributed by atoms with Crippen molar-refractivity contribution in [2.45, 2.75) is 24.8 Å². The van der Waals surface area contributed by atoms with E-state index in [4.69, 9.17) is 0 Å². The topological polar surface area (TPSA) is 68.5 Å². The van der Waals surface area contributed by atoms with E-state index in [-0.39, 0.29) is 4.90 Å². The fourth-order valence-corrected chi connectivity index (χ4v) is 4.37. The van der Waals surface area contributed by atoms with E-state index in [1.54, 1.807) is 18.2 Å². The van der Waals surface area contributed by atoms with Crippen molar-refractivity contribution in [1.29, 1.82) is 0 Å². The monoisotopic (exact) mass is 392 g/mol. The first-order valence-electron chi connectivity index (χ1n) is 7.97. The number of fused-ring (bicyclic) bond motifs is 1. The number of amides is 1. The van der Waals surface area contributed by atoms with Crippen LogP contribution in [-0.2, 0) is 16.4 Å². The molecular weight excluding hydrogens is 375 g/mol. The molecule has 0 aliphatic rings. The highest BCUT2D eigenvalue weighted by atomic mass is 32.2. The Kier molecular flexibility index (Phi) is 5.06. The molecule has 0 saturated carbocycles. The standard InChI is InChI=1S/C18H17FN2O3S2/c1-3-10-21-15-9-8-14(26(2,23)24)11-16(15)25-18(21)20-17(22)12-4-6-13(19)7-5-12/h4-9,11H,3,10H2,1-2H3. The largest absolute Gasteiger partial charge is 0.316 e. The van der Waals surface area contributed by atoms with Gasteiger partial charge < -0.3 is 4.57 Å². The maximum absolute atomic E-state index is 13.0. The van der Waals surface area contributed by atoms with Gasteiger partial charge in [-0.25, -0.2) is 12.8 Å². The lowest BCUT2D eigenvalue weighted by Gasteiger charge is -2.03. The van der Waals surface area contributed by atoms with Gasteiger partial charge in [-0.05, 0) is 48.9 Å². The molecule has 0 aliphatic carbocycles. The number of halogens is 1. The number of hydrogen-bond acceptors (Lipinski definition) is 4. The zero-order chi connectivity index (χ0) is 18.9. The quantitative estimate of drug-likeness (QED) is 0.683. The third-order valence-electron chi connectivity index (χ3n) is 3.82. The van der Waals surface area contributed by atoms with Gasteiger partial charge in [0.25, 0.3) is 5.91 Å². The molecule has 26 heavy (non-hydrogen) atoms. The fraction of sp³-hybridized carbons (Fsp3) is 0.222. The first kappa shape index (κ1) is 18.5. The van der Waals surface area contributed by atoms with E-state index in [0.717, 1.165) is 22.9 Å². The number of carbonyl (C=O) groups excluding carboxylic acids is 1. The summed E-state index contributed by atoms with van der Waals surface area (Å²) >= 11 is 1.26. The van der Waals surface area contributed by atoms with Crippen LogP contribution in [0.15, 0.2) is 52.4 Å². The summed E-state index contributed by atoms with van der Waals surface area (Å²) in [5.74, 6) is -0.887. The van der Waals surface area contributed by atoms with Gasteiger partial charge in [0.15, 0.2) is 14.6 Å². The number of benzene rings is 2. The summed E-state index contributed by atoms with van der Waals surface area (Å²) in [6.07, 6.45) is 1.99. The second-order valence-corrected chi connectivity index (χ2v) is 8.89. The molecule has 0 spiro atoms. The summed E-state index contributed by atoms with van der Waals surface area (Å²) < 4.78 is 39.2. The van der Waals surface area contributed by atoms with Gasteiger partial charge in [-0.1, -0.05) is 18.3 Å². The predicted octanol–water partition coefficient (Wildman–Crippen LogP) is 3.40. The number of aromatic nitrogens is 1. The molecule has 0 fully saturated rings. The van der Waals surface area contributed by atoms with Gasteiger partial charge in [-0.2, -0.15) is 4.99 Å². The maximum atomic E-state index is 13.0. The third kappa shape index (κ3) is 3.76. The first-order chi connectivity index (χ1) is 12.3.